The van der Waals surface area contributed by atoms with Gasteiger partial charge in [-0.05, 0) is 38.5 Å². The van der Waals surface area contributed by atoms with E-state index in [1.807, 2.05) is 60.7 Å². The second-order valence-corrected chi connectivity index (χ2v) is 13.7. The van der Waals surface area contributed by atoms with Crippen molar-refractivity contribution in [3.63, 3.8) is 0 Å². The number of hydrogen-bond donors (Lipinski definition) is 4. The molecular weight excluding hydrogens is 616 g/mol. The van der Waals surface area contributed by atoms with E-state index in [0.717, 1.165) is 64.5 Å². The molecule has 0 spiro atoms. The number of aryl methyl sites for hydroxylation is 4. The van der Waals surface area contributed by atoms with Crippen LogP contribution in [-0.2, 0) is 55.8 Å². The van der Waals surface area contributed by atoms with Gasteiger partial charge in [0.05, 0.1) is 39.3 Å². The van der Waals surface area contributed by atoms with Crippen molar-refractivity contribution in [3.8, 4) is 0 Å². The smallest absolute Gasteiger partial charge is 0.306 e. The molecule has 2 aliphatic heterocycles. The Bertz CT molecular complexity index is 1270. The summed E-state index contributed by atoms with van der Waals surface area (Å²) in [5.74, 6) is -0.723. The molecule has 4 heterocycles. The third kappa shape index (κ3) is 10.9. The topological polar surface area (TPSA) is 152 Å². The number of nitrogens with one attached hydrogen (secondary N) is 4. The maximum atomic E-state index is 13.2. The molecular formula is C34H54N8O6+2. The minimum atomic E-state index is -0.445. The molecule has 2 aromatic rings. The molecule has 1 aliphatic carbocycles. The van der Waals surface area contributed by atoms with Crippen molar-refractivity contribution < 1.29 is 37.8 Å². The molecule has 48 heavy (non-hydrogen) atoms. The van der Waals surface area contributed by atoms with E-state index in [9.17, 15) is 19.2 Å². The van der Waals surface area contributed by atoms with Gasteiger partial charge in [-0.15, -0.1) is 0 Å². The van der Waals surface area contributed by atoms with E-state index in [-0.39, 0.29) is 48.0 Å². The summed E-state index contributed by atoms with van der Waals surface area (Å²) in [6.07, 6.45) is 19.7. The average Bonchev–Trinajstić information content (AvgIpc) is 3.88. The molecule has 2 amide bonds. The lowest BCUT2D eigenvalue weighted by molar-refractivity contribution is -0.671. The van der Waals surface area contributed by atoms with Crippen LogP contribution in [0.15, 0.2) is 37.4 Å². The summed E-state index contributed by atoms with van der Waals surface area (Å²) >= 11 is 0. The van der Waals surface area contributed by atoms with E-state index in [1.165, 1.54) is 0 Å². The van der Waals surface area contributed by atoms with E-state index >= 15 is 0 Å². The number of nitrogens with zero attached hydrogens (tertiary/aromatic N) is 4. The van der Waals surface area contributed by atoms with Crippen LogP contribution in [0.5, 0.6) is 0 Å². The quantitative estimate of drug-likeness (QED) is 0.111. The van der Waals surface area contributed by atoms with Crippen molar-refractivity contribution in [1.29, 1.82) is 0 Å². The number of imidazole rings is 2. The molecule has 0 unspecified atom stereocenters. The highest BCUT2D eigenvalue weighted by molar-refractivity contribution is 5.84. The number of esters is 2. The molecule has 6 atom stereocenters. The van der Waals surface area contributed by atoms with Crippen LogP contribution in [0.1, 0.15) is 77.0 Å². The minimum absolute atomic E-state index is 0.132. The number of unbranched alkanes of at least 4 members (excludes halogenated alkanes) is 2. The lowest BCUT2D eigenvalue weighted by Crippen LogP contribution is -2.57. The van der Waals surface area contributed by atoms with Crippen molar-refractivity contribution in [2.75, 3.05) is 13.1 Å². The van der Waals surface area contributed by atoms with Crippen LogP contribution in [0, 0.1) is 0 Å². The average molecular weight is 671 g/mol. The Balaban J connectivity index is 0.965. The van der Waals surface area contributed by atoms with Gasteiger partial charge in [-0.1, -0.05) is 12.8 Å². The zero-order chi connectivity index (χ0) is 33.9. The van der Waals surface area contributed by atoms with Gasteiger partial charge in [0, 0.05) is 50.9 Å². The van der Waals surface area contributed by atoms with Crippen LogP contribution in [0.4, 0.5) is 0 Å². The monoisotopic (exact) mass is 670 g/mol. The van der Waals surface area contributed by atoms with Gasteiger partial charge in [0.2, 0.25) is 24.5 Å². The van der Waals surface area contributed by atoms with Gasteiger partial charge < -0.3 is 30.7 Å². The van der Waals surface area contributed by atoms with Gasteiger partial charge in [0.15, 0.2) is 0 Å². The molecule has 264 valence electrons. The molecule has 2 aromatic heterocycles. The van der Waals surface area contributed by atoms with Crippen molar-refractivity contribution in [3.05, 3.63) is 37.4 Å². The molecule has 5 rings (SSSR count). The van der Waals surface area contributed by atoms with Gasteiger partial charge >= 0.3 is 11.9 Å². The van der Waals surface area contributed by atoms with Crippen LogP contribution >= 0.6 is 0 Å². The minimum Gasteiger partial charge on any atom is -0.461 e. The Morgan fingerprint density at radius 2 is 1.15 bits per heavy atom. The van der Waals surface area contributed by atoms with Crippen molar-refractivity contribution >= 4 is 23.8 Å². The van der Waals surface area contributed by atoms with Gasteiger partial charge in [-0.2, -0.15) is 0 Å². The largest absolute Gasteiger partial charge is 0.461 e. The fourth-order valence-electron chi connectivity index (χ4n) is 6.91. The Morgan fingerprint density at radius 3 is 1.54 bits per heavy atom. The summed E-state index contributed by atoms with van der Waals surface area (Å²) in [5.41, 5.74) is 0. The summed E-state index contributed by atoms with van der Waals surface area (Å²) in [7, 11) is 3.95. The van der Waals surface area contributed by atoms with Crippen LogP contribution in [0.2, 0.25) is 0 Å². The van der Waals surface area contributed by atoms with E-state index in [2.05, 4.69) is 30.4 Å². The Morgan fingerprint density at radius 1 is 0.708 bits per heavy atom. The number of aromatic nitrogens is 4. The molecule has 14 heteroatoms. The first-order valence-electron chi connectivity index (χ1n) is 17.7. The van der Waals surface area contributed by atoms with E-state index < -0.39 is 12.1 Å². The van der Waals surface area contributed by atoms with Crippen molar-refractivity contribution in [2.24, 2.45) is 14.1 Å². The second-order valence-electron chi connectivity index (χ2n) is 13.7. The van der Waals surface area contributed by atoms with Crippen molar-refractivity contribution in [1.82, 2.24) is 30.4 Å². The summed E-state index contributed by atoms with van der Waals surface area (Å²) in [4.78, 5) is 51.2. The number of rotatable bonds is 16. The molecule has 4 N–H and O–H groups in total. The molecule has 0 radical (unpaired) electrons. The molecule has 0 bridgehead atoms. The summed E-state index contributed by atoms with van der Waals surface area (Å²) in [5, 5.41) is 12.7. The molecule has 3 aliphatic rings. The zero-order valence-electron chi connectivity index (χ0n) is 28.5. The number of ether oxygens (including phenoxy) is 2. The highest BCUT2D eigenvalue weighted by atomic mass is 16.5. The van der Waals surface area contributed by atoms with Crippen LogP contribution in [-0.4, -0.2) is 82.4 Å². The fraction of sp³-hybridized carbons (Fsp3) is 0.706. The van der Waals surface area contributed by atoms with Gasteiger partial charge in [0.1, 0.15) is 37.0 Å². The Kier molecular flexibility index (Phi) is 13.0. The highest BCUT2D eigenvalue weighted by Gasteiger charge is 2.37. The van der Waals surface area contributed by atoms with E-state index in [0.29, 0.717) is 38.8 Å². The molecule has 0 aromatic carbocycles. The maximum absolute atomic E-state index is 13.2. The predicted molar refractivity (Wildman–Crippen MR) is 174 cm³/mol. The second kappa shape index (κ2) is 17.6. The maximum Gasteiger partial charge on any atom is 0.306 e. The number of hydrogen-bond acceptors (Lipinski definition) is 8. The Hall–Kier alpha value is -3.78. The SMILES string of the molecule is C[n+]1ccn(CCCCC(=O)O[C@H]2CN[C@H](C(=O)N[C@@H]3CCCC[C@H]3NC(=O)[C@@H]3C[C@@H](OC(=O)CCCCn4cc[n+](C)c4)CN3)C2)c1. The van der Waals surface area contributed by atoms with Gasteiger partial charge in [0.25, 0.3) is 0 Å². The van der Waals surface area contributed by atoms with Crippen LogP contribution in [0.3, 0.4) is 0 Å². The van der Waals surface area contributed by atoms with Gasteiger partial charge in [-0.3, -0.25) is 19.2 Å². The fourth-order valence-corrected chi connectivity index (χ4v) is 6.91. The van der Waals surface area contributed by atoms with E-state index in [4.69, 9.17) is 9.47 Å². The molecule has 1 saturated carbocycles. The number of amides is 2. The summed E-state index contributed by atoms with van der Waals surface area (Å²) < 4.78 is 19.5. The van der Waals surface area contributed by atoms with Gasteiger partial charge in [-0.25, -0.2) is 18.3 Å². The third-order valence-corrected chi connectivity index (χ3v) is 9.57. The number of carbonyl (C=O) groups excluding carboxylic acids is 4. The number of carbonyl (C=O) groups is 4. The zero-order valence-corrected chi connectivity index (χ0v) is 28.5. The third-order valence-electron chi connectivity index (χ3n) is 9.57. The van der Waals surface area contributed by atoms with E-state index in [1.54, 1.807) is 0 Å². The first-order valence-corrected chi connectivity index (χ1v) is 17.7. The molecule has 3 fully saturated rings. The molecule has 2 saturated heterocycles. The standard InChI is InChI=1S/C34H52N8O6/c1-39-15-17-41(23-39)13-7-5-11-31(43)47-25-19-29(35-21-25)33(45)37-27-9-3-4-10-28(27)38-34(46)30-20-26(22-36-30)48-32(44)12-6-8-14-42-18-16-40(2)24-42/h15-18,23-30,35-36H,3-14,19-22H2,1-2H3/p+2/t25-,26-,27-,28-,29+,30+/m1/s1. The summed E-state index contributed by atoms with van der Waals surface area (Å²) in [6.45, 7) is 2.60. The Labute approximate surface area is 282 Å². The van der Waals surface area contributed by atoms with Crippen LogP contribution in [0.25, 0.3) is 0 Å². The first-order chi connectivity index (χ1) is 23.2. The highest BCUT2D eigenvalue weighted by Crippen LogP contribution is 2.21. The predicted octanol–water partition coefficient (Wildman–Crippen LogP) is 0.0704. The normalized spacial score (nSPS) is 25.5. The summed E-state index contributed by atoms with van der Waals surface area (Å²) in [6, 6.07) is -1.24. The van der Waals surface area contributed by atoms with Crippen molar-refractivity contribution in [2.45, 2.75) is 127 Å². The lowest BCUT2D eigenvalue weighted by atomic mass is 9.89. The lowest BCUT2D eigenvalue weighted by Gasteiger charge is -2.34. The first kappa shape index (κ1) is 35.5. The molecule has 14 nitrogen and oxygen atoms in total. The van der Waals surface area contributed by atoms with Crippen LogP contribution < -0.4 is 30.4 Å².